The van der Waals surface area contributed by atoms with Crippen molar-refractivity contribution in [2.75, 3.05) is 37.4 Å². The molecule has 4 heteroatoms. The van der Waals surface area contributed by atoms with Crippen molar-refractivity contribution >= 4 is 11.4 Å². The van der Waals surface area contributed by atoms with E-state index >= 15 is 0 Å². The highest BCUT2D eigenvalue weighted by Crippen LogP contribution is 2.31. The number of para-hydroxylation sites is 1. The van der Waals surface area contributed by atoms with E-state index in [0.29, 0.717) is 18.0 Å². The Bertz CT molecular complexity index is 342. The molecule has 0 amide bonds. The van der Waals surface area contributed by atoms with Gasteiger partial charge in [-0.3, -0.25) is 0 Å². The van der Waals surface area contributed by atoms with Crippen molar-refractivity contribution in [2.45, 2.75) is 19.8 Å². The molecular formula is C13H22N2O2. The van der Waals surface area contributed by atoms with Gasteiger partial charge in [0.15, 0.2) is 0 Å². The summed E-state index contributed by atoms with van der Waals surface area (Å²) in [5.41, 5.74) is 7.62. The van der Waals surface area contributed by atoms with Crippen LogP contribution in [0.2, 0.25) is 0 Å². The van der Waals surface area contributed by atoms with Gasteiger partial charge in [-0.25, -0.2) is 0 Å². The van der Waals surface area contributed by atoms with Crippen molar-refractivity contribution in [3.63, 3.8) is 0 Å². The number of aliphatic hydroxyl groups is 1. The van der Waals surface area contributed by atoms with E-state index in [1.54, 1.807) is 7.11 Å². The van der Waals surface area contributed by atoms with Crippen molar-refractivity contribution in [1.82, 2.24) is 0 Å². The van der Waals surface area contributed by atoms with Crippen LogP contribution >= 0.6 is 0 Å². The Labute approximate surface area is 103 Å². The molecule has 3 N–H and O–H groups in total. The molecule has 0 saturated heterocycles. The van der Waals surface area contributed by atoms with E-state index in [1.807, 2.05) is 18.2 Å². The van der Waals surface area contributed by atoms with Gasteiger partial charge >= 0.3 is 0 Å². The summed E-state index contributed by atoms with van der Waals surface area (Å²) in [6, 6.07) is 5.72. The molecule has 0 radical (unpaired) electrons. The number of aliphatic hydroxyl groups excluding tert-OH is 1. The van der Waals surface area contributed by atoms with E-state index in [-0.39, 0.29) is 6.61 Å². The number of hydrogen-bond acceptors (Lipinski definition) is 4. The van der Waals surface area contributed by atoms with Crippen LogP contribution in [0.1, 0.15) is 19.8 Å². The maximum atomic E-state index is 9.10. The van der Waals surface area contributed by atoms with Gasteiger partial charge in [-0.1, -0.05) is 19.4 Å². The minimum Gasteiger partial charge on any atom is -0.495 e. The van der Waals surface area contributed by atoms with E-state index in [2.05, 4.69) is 11.8 Å². The fourth-order valence-corrected chi connectivity index (χ4v) is 1.81. The number of unbranched alkanes of at least 4 members (excludes halogenated alkanes) is 1. The topological polar surface area (TPSA) is 58.7 Å². The average molecular weight is 238 g/mol. The number of nitrogens with two attached hydrogens (primary N) is 1. The largest absolute Gasteiger partial charge is 0.495 e. The summed E-state index contributed by atoms with van der Waals surface area (Å²) in [6.45, 7) is 3.76. The molecule has 0 saturated carbocycles. The molecule has 0 aliphatic heterocycles. The van der Waals surface area contributed by atoms with Gasteiger partial charge < -0.3 is 20.5 Å². The van der Waals surface area contributed by atoms with Crippen LogP contribution in [0.25, 0.3) is 0 Å². The third-order valence-corrected chi connectivity index (χ3v) is 2.76. The van der Waals surface area contributed by atoms with Gasteiger partial charge in [0.25, 0.3) is 0 Å². The number of nitrogen functional groups attached to an aromatic ring is 1. The van der Waals surface area contributed by atoms with E-state index in [4.69, 9.17) is 15.6 Å². The van der Waals surface area contributed by atoms with Crippen molar-refractivity contribution in [1.29, 1.82) is 0 Å². The van der Waals surface area contributed by atoms with Crippen LogP contribution in [-0.2, 0) is 0 Å². The molecule has 0 aromatic heterocycles. The smallest absolute Gasteiger partial charge is 0.143 e. The quantitative estimate of drug-likeness (QED) is 0.712. The van der Waals surface area contributed by atoms with Crippen molar-refractivity contribution in [3.8, 4) is 5.75 Å². The normalized spacial score (nSPS) is 10.3. The fourth-order valence-electron chi connectivity index (χ4n) is 1.81. The maximum Gasteiger partial charge on any atom is 0.143 e. The lowest BCUT2D eigenvalue weighted by Crippen LogP contribution is -2.28. The van der Waals surface area contributed by atoms with E-state index in [0.717, 1.165) is 25.1 Å². The molecule has 1 aromatic carbocycles. The zero-order chi connectivity index (χ0) is 12.7. The molecule has 17 heavy (non-hydrogen) atoms. The Kier molecular flexibility index (Phi) is 5.63. The predicted molar refractivity (Wildman–Crippen MR) is 71.6 cm³/mol. The van der Waals surface area contributed by atoms with Crippen LogP contribution in [0.5, 0.6) is 5.75 Å². The molecule has 1 rings (SSSR count). The number of methoxy groups -OCH3 is 1. The summed E-state index contributed by atoms with van der Waals surface area (Å²) in [5.74, 6) is 0.682. The summed E-state index contributed by atoms with van der Waals surface area (Å²) in [4.78, 5) is 2.10. The van der Waals surface area contributed by atoms with Gasteiger partial charge in [0.1, 0.15) is 5.75 Å². The third kappa shape index (κ3) is 3.53. The average Bonchev–Trinajstić information content (AvgIpc) is 2.35. The zero-order valence-electron chi connectivity index (χ0n) is 10.6. The Balaban J connectivity index is 2.92. The first-order chi connectivity index (χ1) is 8.24. The van der Waals surface area contributed by atoms with Gasteiger partial charge in [-0.15, -0.1) is 0 Å². The Morgan fingerprint density at radius 2 is 2.12 bits per heavy atom. The van der Waals surface area contributed by atoms with Crippen LogP contribution in [0, 0.1) is 0 Å². The predicted octanol–water partition coefficient (Wildman–Crippen LogP) is 1.88. The minimum atomic E-state index is 0.125. The Morgan fingerprint density at radius 1 is 1.35 bits per heavy atom. The molecule has 96 valence electrons. The maximum absolute atomic E-state index is 9.10. The number of nitrogens with zero attached hydrogens (tertiary/aromatic N) is 1. The first-order valence-corrected chi connectivity index (χ1v) is 6.02. The standard InChI is InChI=1S/C13H22N2O2/c1-3-4-8-15(9-10-16)11-6-5-7-12(17-2)13(11)14/h5-7,16H,3-4,8-10,14H2,1-2H3. The number of ether oxygens (including phenoxy) is 1. The Hall–Kier alpha value is -1.42. The number of benzene rings is 1. The summed E-state index contributed by atoms with van der Waals surface area (Å²) >= 11 is 0. The van der Waals surface area contributed by atoms with Crippen LogP contribution in [-0.4, -0.2) is 31.9 Å². The Morgan fingerprint density at radius 3 is 2.71 bits per heavy atom. The lowest BCUT2D eigenvalue weighted by Gasteiger charge is -2.25. The second kappa shape index (κ2) is 7.01. The van der Waals surface area contributed by atoms with Crippen LogP contribution in [0.4, 0.5) is 11.4 Å². The molecule has 1 aromatic rings. The second-order valence-corrected chi connectivity index (χ2v) is 3.96. The minimum absolute atomic E-state index is 0.125. The summed E-state index contributed by atoms with van der Waals surface area (Å²) < 4.78 is 5.20. The van der Waals surface area contributed by atoms with Gasteiger partial charge in [-0.2, -0.15) is 0 Å². The van der Waals surface area contributed by atoms with Crippen LogP contribution in [0.3, 0.4) is 0 Å². The van der Waals surface area contributed by atoms with Crippen molar-refractivity contribution < 1.29 is 9.84 Å². The van der Waals surface area contributed by atoms with E-state index in [9.17, 15) is 0 Å². The van der Waals surface area contributed by atoms with E-state index < -0.39 is 0 Å². The molecule has 0 aliphatic carbocycles. The highest BCUT2D eigenvalue weighted by atomic mass is 16.5. The molecule has 0 spiro atoms. The molecule has 0 atom stereocenters. The molecular weight excluding hydrogens is 216 g/mol. The van der Waals surface area contributed by atoms with Crippen LogP contribution in [0.15, 0.2) is 18.2 Å². The SMILES string of the molecule is CCCCN(CCO)c1cccc(OC)c1N. The zero-order valence-corrected chi connectivity index (χ0v) is 10.6. The molecule has 0 unspecified atom stereocenters. The highest BCUT2D eigenvalue weighted by Gasteiger charge is 2.11. The fraction of sp³-hybridized carbons (Fsp3) is 0.538. The summed E-state index contributed by atoms with van der Waals surface area (Å²) in [5, 5.41) is 9.10. The van der Waals surface area contributed by atoms with Gasteiger partial charge in [0, 0.05) is 13.1 Å². The lowest BCUT2D eigenvalue weighted by atomic mass is 10.2. The molecule has 0 bridgehead atoms. The van der Waals surface area contributed by atoms with Crippen LogP contribution < -0.4 is 15.4 Å². The molecule has 4 nitrogen and oxygen atoms in total. The van der Waals surface area contributed by atoms with Gasteiger partial charge in [-0.05, 0) is 18.6 Å². The van der Waals surface area contributed by atoms with Gasteiger partial charge in [0.2, 0.25) is 0 Å². The third-order valence-electron chi connectivity index (χ3n) is 2.76. The number of hydrogen-bond donors (Lipinski definition) is 2. The second-order valence-electron chi connectivity index (χ2n) is 3.96. The first-order valence-electron chi connectivity index (χ1n) is 6.02. The highest BCUT2D eigenvalue weighted by molar-refractivity contribution is 5.74. The summed E-state index contributed by atoms with van der Waals surface area (Å²) in [6.07, 6.45) is 2.20. The number of anilines is 2. The monoisotopic (exact) mass is 238 g/mol. The van der Waals surface area contributed by atoms with Gasteiger partial charge in [0.05, 0.1) is 25.1 Å². The molecule has 0 fully saturated rings. The number of rotatable bonds is 7. The van der Waals surface area contributed by atoms with E-state index in [1.165, 1.54) is 0 Å². The molecule has 0 heterocycles. The first kappa shape index (κ1) is 13.6. The van der Waals surface area contributed by atoms with Crippen molar-refractivity contribution in [2.24, 2.45) is 0 Å². The van der Waals surface area contributed by atoms with Crippen molar-refractivity contribution in [3.05, 3.63) is 18.2 Å². The lowest BCUT2D eigenvalue weighted by molar-refractivity contribution is 0.301. The molecule has 0 aliphatic rings. The summed E-state index contributed by atoms with van der Waals surface area (Å²) in [7, 11) is 1.61.